The summed E-state index contributed by atoms with van der Waals surface area (Å²) in [5, 5.41) is 5.56. The van der Waals surface area contributed by atoms with Crippen molar-refractivity contribution in [1.29, 1.82) is 0 Å². The molecule has 0 aliphatic carbocycles. The molecule has 4 aromatic carbocycles. The zero-order valence-corrected chi connectivity index (χ0v) is 36.6. The van der Waals surface area contributed by atoms with Crippen molar-refractivity contribution >= 4 is 50.9 Å². The molecule has 0 saturated carbocycles. The van der Waals surface area contributed by atoms with E-state index in [2.05, 4.69) is 15.6 Å². The number of carbonyl (C=O) groups is 5. The molecule has 0 bridgehead atoms. The van der Waals surface area contributed by atoms with E-state index in [0.29, 0.717) is 36.9 Å². The molecule has 4 atom stereocenters. The highest BCUT2D eigenvalue weighted by atomic mass is 32.2. The van der Waals surface area contributed by atoms with Gasteiger partial charge in [0.1, 0.15) is 30.3 Å². The number of nitrogens with two attached hydrogens (primary N) is 1. The summed E-state index contributed by atoms with van der Waals surface area (Å²) < 4.78 is 45.1. The Hall–Kier alpha value is -6.63. The number of rotatable bonds is 18. The van der Waals surface area contributed by atoms with Crippen LogP contribution in [0.1, 0.15) is 53.9 Å². The highest BCUT2D eigenvalue weighted by Crippen LogP contribution is 2.26. The fourth-order valence-electron chi connectivity index (χ4n) is 7.92. The Morgan fingerprint density at radius 1 is 0.769 bits per heavy atom. The highest BCUT2D eigenvalue weighted by Gasteiger charge is 2.45. The predicted octanol–water partition coefficient (Wildman–Crippen LogP) is 4.66. The Morgan fingerprint density at radius 2 is 1.42 bits per heavy atom. The van der Waals surface area contributed by atoms with Gasteiger partial charge in [0.2, 0.25) is 27.6 Å². The number of amides is 4. The number of Topliss-reactive ketones (excluding diaryl/α,β-unsaturated/α-hetero) is 1. The van der Waals surface area contributed by atoms with Crippen molar-refractivity contribution in [2.24, 2.45) is 5.73 Å². The van der Waals surface area contributed by atoms with Crippen molar-refractivity contribution in [2.75, 3.05) is 39.3 Å². The van der Waals surface area contributed by atoms with Gasteiger partial charge in [0, 0.05) is 32.6 Å². The van der Waals surface area contributed by atoms with Gasteiger partial charge in [0.05, 0.1) is 17.5 Å². The lowest BCUT2D eigenvalue weighted by atomic mass is 10.0. The molecule has 0 radical (unpaired) electrons. The zero-order chi connectivity index (χ0) is 45.8. The maximum absolute atomic E-state index is 14.8. The van der Waals surface area contributed by atoms with E-state index in [1.165, 1.54) is 26.2 Å². The van der Waals surface area contributed by atoms with Crippen molar-refractivity contribution in [3.05, 3.63) is 132 Å². The summed E-state index contributed by atoms with van der Waals surface area (Å²) in [6.45, 7) is 0.240. The lowest BCUT2D eigenvalue weighted by Crippen LogP contribution is -2.55. The van der Waals surface area contributed by atoms with E-state index in [4.69, 9.17) is 19.6 Å². The smallest absolute Gasteiger partial charge is 0.410 e. The van der Waals surface area contributed by atoms with Gasteiger partial charge in [-0.3, -0.25) is 14.4 Å². The summed E-state index contributed by atoms with van der Waals surface area (Å²) in [6.07, 6.45) is -0.952. The number of hydrogen-bond donors (Lipinski definition) is 3. The Morgan fingerprint density at radius 3 is 2.09 bits per heavy atom. The summed E-state index contributed by atoms with van der Waals surface area (Å²) in [6, 6.07) is 29.8. The zero-order valence-electron chi connectivity index (χ0n) is 35.8. The van der Waals surface area contributed by atoms with E-state index < -0.39 is 64.0 Å². The van der Waals surface area contributed by atoms with Gasteiger partial charge < -0.3 is 40.1 Å². The van der Waals surface area contributed by atoms with Gasteiger partial charge in [0.25, 0.3) is 5.89 Å². The van der Waals surface area contributed by atoms with Crippen LogP contribution in [-0.2, 0) is 42.1 Å². The second-order valence-electron chi connectivity index (χ2n) is 15.9. The number of hydrogen-bond acceptors (Lipinski definition) is 12. The van der Waals surface area contributed by atoms with Crippen LogP contribution >= 0.6 is 0 Å². The Kier molecular flexibility index (Phi) is 15.6. The van der Waals surface area contributed by atoms with E-state index in [9.17, 15) is 32.4 Å². The molecule has 2 fully saturated rings. The minimum atomic E-state index is -3.79. The molecule has 0 spiro atoms. The number of oxazole rings is 1. The number of ether oxygens (including phenoxy) is 2. The summed E-state index contributed by atoms with van der Waals surface area (Å²) in [5.74, 6) is -2.07. The molecule has 65 heavy (non-hydrogen) atoms. The fraction of sp³-hybridized carbons (Fsp3) is 0.362. The SMILES string of the molecule is NCCCC[C@H](NC(=O)[C@@H]1C[C@@H](OC(=O)N2CCN(S(=O)(=O)c3ccccc3)CC2)CN1C(=O)[C@@H](CCc1ccccc1)NC(=O)OCc1ccccc1)C(=O)c1nc2ccccc2o1. The van der Waals surface area contributed by atoms with Gasteiger partial charge >= 0.3 is 12.2 Å². The molecule has 4 amide bonds. The predicted molar refractivity (Wildman–Crippen MR) is 239 cm³/mol. The number of benzene rings is 4. The first kappa shape index (κ1) is 46.4. The van der Waals surface area contributed by atoms with Crippen LogP contribution in [0, 0.1) is 0 Å². The molecule has 4 N–H and O–H groups in total. The fourth-order valence-corrected chi connectivity index (χ4v) is 9.36. The number of fused-ring (bicyclic) bond motifs is 1. The summed E-state index contributed by atoms with van der Waals surface area (Å²) in [4.78, 5) is 77.4. The molecule has 17 nitrogen and oxygen atoms in total. The maximum Gasteiger partial charge on any atom is 0.410 e. The standard InChI is InChI=1S/C47H53N7O10S/c48-25-13-12-21-38(42(55)44-50-37-20-10-11-22-41(37)64-44)49-43(56)40-30-35(63-47(59)52-26-28-53(29-27-52)65(60,61)36-18-8-3-9-19-36)31-54(40)45(57)39(24-23-33-14-4-1-5-15-33)51-46(58)62-32-34-16-6-2-7-17-34/h1-11,14-20,22,35,38-40H,12-13,21,23-32,48H2,(H,49,56)(H,51,58)/t35-,38+,39-,40+/m1/s1. The number of alkyl carbamates (subject to hydrolysis) is 1. The van der Waals surface area contributed by atoms with Gasteiger partial charge in [-0.05, 0) is 74.0 Å². The van der Waals surface area contributed by atoms with Gasteiger partial charge in [-0.1, -0.05) is 91.0 Å². The average Bonchev–Trinajstić information content (AvgIpc) is 3.97. The molecular formula is C47H53N7O10S. The van der Waals surface area contributed by atoms with Crippen LogP contribution in [-0.4, -0.2) is 121 Å². The molecule has 3 heterocycles. The van der Waals surface area contributed by atoms with Crippen LogP contribution in [0.2, 0.25) is 0 Å². The average molecular weight is 908 g/mol. The third kappa shape index (κ3) is 11.9. The number of nitrogens with zero attached hydrogens (tertiary/aromatic N) is 4. The van der Waals surface area contributed by atoms with Crippen molar-refractivity contribution in [2.45, 2.75) is 74.3 Å². The van der Waals surface area contributed by atoms with Crippen LogP contribution < -0.4 is 16.4 Å². The lowest BCUT2D eigenvalue weighted by molar-refractivity contribution is -0.140. The second kappa shape index (κ2) is 21.8. The first-order valence-corrected chi connectivity index (χ1v) is 23.2. The molecule has 18 heteroatoms. The number of aryl methyl sites for hydroxylation is 1. The van der Waals surface area contributed by atoms with Crippen molar-refractivity contribution in [3.8, 4) is 0 Å². The van der Waals surface area contributed by atoms with Crippen molar-refractivity contribution in [1.82, 2.24) is 29.7 Å². The quantitative estimate of drug-likeness (QED) is 0.0807. The largest absolute Gasteiger partial charge is 0.445 e. The molecule has 2 saturated heterocycles. The second-order valence-corrected chi connectivity index (χ2v) is 17.9. The molecular weight excluding hydrogens is 855 g/mol. The molecule has 2 aliphatic heterocycles. The summed E-state index contributed by atoms with van der Waals surface area (Å²) >= 11 is 0. The molecule has 0 unspecified atom stereocenters. The number of para-hydroxylation sites is 2. The molecule has 7 rings (SSSR count). The normalized spacial score (nSPS) is 17.6. The highest BCUT2D eigenvalue weighted by molar-refractivity contribution is 7.89. The minimum absolute atomic E-state index is 0.0292. The van der Waals surface area contributed by atoms with Crippen molar-refractivity contribution in [3.63, 3.8) is 0 Å². The number of piperazine rings is 1. The summed E-state index contributed by atoms with van der Waals surface area (Å²) in [5.41, 5.74) is 8.29. The van der Waals surface area contributed by atoms with E-state index >= 15 is 0 Å². The third-order valence-electron chi connectivity index (χ3n) is 11.4. The number of likely N-dealkylation sites (tertiary alicyclic amines) is 1. The topological polar surface area (TPSA) is 224 Å². The molecule has 2 aliphatic rings. The first-order valence-electron chi connectivity index (χ1n) is 21.7. The number of aromatic nitrogens is 1. The van der Waals surface area contributed by atoms with E-state index in [-0.39, 0.29) is 69.4 Å². The van der Waals surface area contributed by atoms with Crippen LogP contribution in [0.4, 0.5) is 9.59 Å². The lowest BCUT2D eigenvalue weighted by Gasteiger charge is -2.33. The van der Waals surface area contributed by atoms with Gasteiger partial charge in [-0.15, -0.1) is 0 Å². The molecule has 5 aromatic rings. The molecule has 342 valence electrons. The Labute approximate surface area is 377 Å². The molecule has 1 aromatic heterocycles. The van der Waals surface area contributed by atoms with Gasteiger partial charge in [0.15, 0.2) is 5.58 Å². The Balaban J connectivity index is 1.10. The van der Waals surface area contributed by atoms with E-state index in [0.717, 1.165) is 11.1 Å². The van der Waals surface area contributed by atoms with Crippen molar-refractivity contribution < 1.29 is 46.3 Å². The minimum Gasteiger partial charge on any atom is -0.445 e. The number of ketones is 1. The van der Waals surface area contributed by atoms with Crippen LogP contribution in [0.25, 0.3) is 11.1 Å². The number of carbonyl (C=O) groups excluding carboxylic acids is 5. The number of sulfonamides is 1. The van der Waals surface area contributed by atoms with Crippen LogP contribution in [0.15, 0.2) is 125 Å². The monoisotopic (exact) mass is 907 g/mol. The van der Waals surface area contributed by atoms with Crippen LogP contribution in [0.3, 0.4) is 0 Å². The maximum atomic E-state index is 14.8. The number of unbranched alkanes of at least 4 members (excludes halogenated alkanes) is 1. The van der Waals surface area contributed by atoms with E-state index in [1.54, 1.807) is 54.6 Å². The third-order valence-corrected chi connectivity index (χ3v) is 13.4. The summed E-state index contributed by atoms with van der Waals surface area (Å²) in [7, 11) is -3.79. The van der Waals surface area contributed by atoms with E-state index in [1.807, 2.05) is 48.5 Å². The number of nitrogens with one attached hydrogen (secondary N) is 2. The van der Waals surface area contributed by atoms with Gasteiger partial charge in [-0.25, -0.2) is 23.0 Å². The van der Waals surface area contributed by atoms with Gasteiger partial charge in [-0.2, -0.15) is 4.31 Å². The van der Waals surface area contributed by atoms with Crippen LogP contribution in [0.5, 0.6) is 0 Å². The first-order chi connectivity index (χ1) is 31.5. The Bertz CT molecular complexity index is 2490.